The van der Waals surface area contributed by atoms with Gasteiger partial charge >= 0.3 is 0 Å². The third kappa shape index (κ3) is 1.50. The van der Waals surface area contributed by atoms with Crippen molar-refractivity contribution in [3.8, 4) is 0 Å². The van der Waals surface area contributed by atoms with Crippen LogP contribution in [0.15, 0.2) is 30.5 Å². The van der Waals surface area contributed by atoms with E-state index in [1.165, 1.54) is 16.5 Å². The van der Waals surface area contributed by atoms with Crippen molar-refractivity contribution in [2.75, 3.05) is 0 Å². The summed E-state index contributed by atoms with van der Waals surface area (Å²) in [4.78, 5) is 3.16. The fraction of sp³-hybridized carbons (Fsp3) is 0.273. The lowest BCUT2D eigenvalue weighted by Crippen LogP contribution is -1.71. The zero-order chi connectivity index (χ0) is 8.97. The second kappa shape index (κ2) is 3.96. The Morgan fingerprint density at radius 1 is 1.08 bits per heavy atom. The van der Waals surface area contributed by atoms with E-state index < -0.39 is 0 Å². The smallest absolute Gasteiger partial charge is 0.0456 e. The van der Waals surface area contributed by atoms with Gasteiger partial charge in [-0.15, -0.1) is 0 Å². The van der Waals surface area contributed by atoms with E-state index >= 15 is 0 Å². The number of hydrogen-bond donors (Lipinski definition) is 1. The van der Waals surface area contributed by atoms with Gasteiger partial charge in [-0.2, -0.15) is 0 Å². The van der Waals surface area contributed by atoms with Crippen molar-refractivity contribution >= 4 is 10.9 Å². The fourth-order valence-corrected chi connectivity index (χ4v) is 1.24. The summed E-state index contributed by atoms with van der Waals surface area (Å²) < 4.78 is 0. The van der Waals surface area contributed by atoms with Gasteiger partial charge in [0.2, 0.25) is 0 Å². The molecule has 1 aromatic carbocycles. The molecule has 0 saturated carbocycles. The zero-order valence-corrected chi connectivity index (χ0v) is 7.89. The number of aromatic nitrogens is 1. The highest BCUT2D eigenvalue weighted by Gasteiger charge is 1.93. The number of aromatic amines is 1. The van der Waals surface area contributed by atoms with E-state index in [9.17, 15) is 0 Å². The van der Waals surface area contributed by atoms with Crippen molar-refractivity contribution in [2.45, 2.75) is 20.8 Å². The minimum absolute atomic E-state index is 1.22. The molecule has 0 atom stereocenters. The molecule has 12 heavy (non-hydrogen) atoms. The molecule has 0 amide bonds. The molecular formula is C11H15N. The molecule has 64 valence electrons. The Hall–Kier alpha value is -1.24. The van der Waals surface area contributed by atoms with Gasteiger partial charge in [0.1, 0.15) is 0 Å². The first-order chi connectivity index (χ1) is 5.88. The molecule has 1 aromatic heterocycles. The molecule has 2 aromatic rings. The Morgan fingerprint density at radius 2 is 1.83 bits per heavy atom. The third-order valence-corrected chi connectivity index (χ3v) is 1.81. The molecule has 0 aliphatic rings. The van der Waals surface area contributed by atoms with E-state index in [1.807, 2.05) is 20.0 Å². The SMILES string of the molecule is CC.Cc1cccc2[nH]ccc12. The first-order valence-electron chi connectivity index (χ1n) is 4.40. The molecule has 0 fully saturated rings. The van der Waals surface area contributed by atoms with Crippen LogP contribution in [0.4, 0.5) is 0 Å². The summed E-state index contributed by atoms with van der Waals surface area (Å²) in [5, 5.41) is 1.32. The Labute approximate surface area is 73.4 Å². The van der Waals surface area contributed by atoms with Crippen LogP contribution in [0.3, 0.4) is 0 Å². The van der Waals surface area contributed by atoms with Gasteiger partial charge in [0.15, 0.2) is 0 Å². The summed E-state index contributed by atoms with van der Waals surface area (Å²) in [5.41, 5.74) is 2.55. The van der Waals surface area contributed by atoms with Crippen LogP contribution in [0.1, 0.15) is 19.4 Å². The van der Waals surface area contributed by atoms with Gasteiger partial charge in [-0.3, -0.25) is 0 Å². The summed E-state index contributed by atoms with van der Waals surface area (Å²) in [6, 6.07) is 8.37. The van der Waals surface area contributed by atoms with Gasteiger partial charge in [0.25, 0.3) is 0 Å². The number of aryl methyl sites for hydroxylation is 1. The van der Waals surface area contributed by atoms with Crippen molar-refractivity contribution < 1.29 is 0 Å². The van der Waals surface area contributed by atoms with Crippen molar-refractivity contribution in [1.82, 2.24) is 4.98 Å². The van der Waals surface area contributed by atoms with Crippen molar-refractivity contribution in [1.29, 1.82) is 0 Å². The molecule has 2 rings (SSSR count). The summed E-state index contributed by atoms with van der Waals surface area (Å²) in [7, 11) is 0. The van der Waals surface area contributed by atoms with Crippen LogP contribution in [0.25, 0.3) is 10.9 Å². The molecule has 0 bridgehead atoms. The minimum Gasteiger partial charge on any atom is -0.361 e. The molecule has 0 saturated heterocycles. The maximum Gasteiger partial charge on any atom is 0.0456 e. The topological polar surface area (TPSA) is 15.8 Å². The summed E-state index contributed by atoms with van der Waals surface area (Å²) in [6.45, 7) is 6.12. The second-order valence-corrected chi connectivity index (χ2v) is 2.51. The van der Waals surface area contributed by atoms with Gasteiger partial charge in [0.05, 0.1) is 0 Å². The number of benzene rings is 1. The molecule has 0 aliphatic heterocycles. The van der Waals surface area contributed by atoms with E-state index in [2.05, 4.69) is 36.2 Å². The second-order valence-electron chi connectivity index (χ2n) is 2.51. The molecule has 1 heterocycles. The molecule has 1 heteroatoms. The monoisotopic (exact) mass is 161 g/mol. The number of H-pyrrole nitrogens is 1. The Bertz CT molecular complexity index is 347. The van der Waals surface area contributed by atoms with Gasteiger partial charge in [-0.05, 0) is 24.6 Å². The zero-order valence-electron chi connectivity index (χ0n) is 7.89. The van der Waals surface area contributed by atoms with Crippen molar-refractivity contribution in [3.05, 3.63) is 36.0 Å². The molecular weight excluding hydrogens is 146 g/mol. The van der Waals surface area contributed by atoms with Crippen LogP contribution < -0.4 is 0 Å². The van der Waals surface area contributed by atoms with Gasteiger partial charge in [-0.1, -0.05) is 26.0 Å². The van der Waals surface area contributed by atoms with Crippen LogP contribution in [0.5, 0.6) is 0 Å². The van der Waals surface area contributed by atoms with Gasteiger partial charge < -0.3 is 4.98 Å². The average molecular weight is 161 g/mol. The summed E-state index contributed by atoms with van der Waals surface area (Å²) >= 11 is 0. The van der Waals surface area contributed by atoms with Crippen LogP contribution in [-0.4, -0.2) is 4.98 Å². The Balaban J connectivity index is 0.000000336. The first kappa shape index (κ1) is 8.85. The Kier molecular flexibility index (Phi) is 2.92. The van der Waals surface area contributed by atoms with Gasteiger partial charge in [-0.25, -0.2) is 0 Å². The largest absolute Gasteiger partial charge is 0.361 e. The lowest BCUT2D eigenvalue weighted by molar-refractivity contribution is 1.47. The molecule has 0 radical (unpaired) electrons. The maximum atomic E-state index is 3.16. The average Bonchev–Trinajstić information content (AvgIpc) is 2.57. The standard InChI is InChI=1S/C9H9N.C2H6/c1-7-3-2-4-9-8(7)5-6-10-9;1-2/h2-6,10H,1H3;1-2H3. The van der Waals surface area contributed by atoms with E-state index in [4.69, 9.17) is 0 Å². The van der Waals surface area contributed by atoms with E-state index in [0.717, 1.165) is 0 Å². The number of fused-ring (bicyclic) bond motifs is 1. The van der Waals surface area contributed by atoms with Crippen molar-refractivity contribution in [3.63, 3.8) is 0 Å². The molecule has 1 N–H and O–H groups in total. The minimum atomic E-state index is 1.22. The first-order valence-corrected chi connectivity index (χ1v) is 4.40. The Morgan fingerprint density at radius 3 is 2.50 bits per heavy atom. The van der Waals surface area contributed by atoms with E-state index in [0.29, 0.717) is 0 Å². The van der Waals surface area contributed by atoms with Crippen LogP contribution in [0, 0.1) is 6.92 Å². The van der Waals surface area contributed by atoms with Crippen LogP contribution >= 0.6 is 0 Å². The molecule has 0 spiro atoms. The predicted octanol–water partition coefficient (Wildman–Crippen LogP) is 3.50. The van der Waals surface area contributed by atoms with Crippen molar-refractivity contribution in [2.24, 2.45) is 0 Å². The summed E-state index contributed by atoms with van der Waals surface area (Å²) in [5.74, 6) is 0. The lowest BCUT2D eigenvalue weighted by Gasteiger charge is -1.92. The normalized spacial score (nSPS) is 9.25. The number of rotatable bonds is 0. The van der Waals surface area contributed by atoms with E-state index in [1.54, 1.807) is 0 Å². The highest BCUT2D eigenvalue weighted by molar-refractivity contribution is 5.82. The maximum absolute atomic E-state index is 3.16. The number of nitrogens with one attached hydrogen (secondary N) is 1. The van der Waals surface area contributed by atoms with E-state index in [-0.39, 0.29) is 0 Å². The van der Waals surface area contributed by atoms with Crippen LogP contribution in [0.2, 0.25) is 0 Å². The molecule has 0 aliphatic carbocycles. The molecule has 1 nitrogen and oxygen atoms in total. The summed E-state index contributed by atoms with van der Waals surface area (Å²) in [6.07, 6.45) is 1.97. The van der Waals surface area contributed by atoms with Crippen LogP contribution in [-0.2, 0) is 0 Å². The predicted molar refractivity (Wildman–Crippen MR) is 54.4 cm³/mol. The quantitative estimate of drug-likeness (QED) is 0.608. The highest BCUT2D eigenvalue weighted by Crippen LogP contribution is 2.15. The fourth-order valence-electron chi connectivity index (χ4n) is 1.24. The highest BCUT2D eigenvalue weighted by atomic mass is 14.7. The number of hydrogen-bond acceptors (Lipinski definition) is 0. The third-order valence-electron chi connectivity index (χ3n) is 1.81. The molecule has 0 unspecified atom stereocenters. The van der Waals surface area contributed by atoms with Gasteiger partial charge in [0, 0.05) is 17.1 Å². The lowest BCUT2D eigenvalue weighted by atomic mass is 10.1.